The molecule has 1 heterocycles. The van der Waals surface area contributed by atoms with Gasteiger partial charge in [-0.15, -0.1) is 0 Å². The third-order valence-corrected chi connectivity index (χ3v) is 6.69. The molecule has 3 nitrogen and oxygen atoms in total. The maximum Gasteiger partial charge on any atom is 0.257 e. The van der Waals surface area contributed by atoms with Crippen molar-refractivity contribution in [2.45, 2.75) is 136 Å². The van der Waals surface area contributed by atoms with Crippen molar-refractivity contribution in [3.8, 4) is 11.5 Å². The summed E-state index contributed by atoms with van der Waals surface area (Å²) in [6, 6.07) is 6.53. The molecule has 1 aromatic heterocycles. The van der Waals surface area contributed by atoms with Crippen LogP contribution in [0.4, 0.5) is 0 Å². The lowest BCUT2D eigenvalue weighted by Crippen LogP contribution is -1.92. The zero-order valence-electron chi connectivity index (χ0n) is 21.3. The van der Waals surface area contributed by atoms with Gasteiger partial charge in [-0.05, 0) is 42.5 Å². The molecule has 0 amide bonds. The van der Waals surface area contributed by atoms with Crippen LogP contribution in [0.5, 0.6) is 0 Å². The number of hydrogen-bond acceptors (Lipinski definition) is 3. The lowest BCUT2D eigenvalue weighted by Gasteiger charge is -2.06. The van der Waals surface area contributed by atoms with Gasteiger partial charge in [0.25, 0.3) is 5.89 Å². The van der Waals surface area contributed by atoms with Crippen LogP contribution in [0, 0.1) is 0 Å². The second-order valence-electron chi connectivity index (χ2n) is 9.41. The minimum Gasteiger partial charge on any atom is -0.334 e. The zero-order chi connectivity index (χ0) is 22.9. The number of unbranched alkanes of at least 4 members (excludes halogenated alkanes) is 14. The quantitative estimate of drug-likeness (QED) is 0.204. The van der Waals surface area contributed by atoms with Gasteiger partial charge in [-0.2, -0.15) is 4.98 Å². The second-order valence-corrected chi connectivity index (χ2v) is 9.41. The molecule has 0 bridgehead atoms. The van der Waals surface area contributed by atoms with Crippen LogP contribution in [-0.4, -0.2) is 10.1 Å². The summed E-state index contributed by atoms with van der Waals surface area (Å²) in [5.74, 6) is 1.52. The Morgan fingerprint density at radius 3 is 1.69 bits per heavy atom. The van der Waals surface area contributed by atoms with E-state index in [2.05, 4.69) is 49.1 Å². The highest BCUT2D eigenvalue weighted by Gasteiger charge is 2.10. The number of nitrogens with zero attached hydrogens (tertiary/aromatic N) is 2. The van der Waals surface area contributed by atoms with Gasteiger partial charge in [0.1, 0.15) is 0 Å². The first-order chi connectivity index (χ1) is 15.8. The average Bonchev–Trinajstić information content (AvgIpc) is 3.30. The molecular weight excluding hydrogens is 392 g/mol. The van der Waals surface area contributed by atoms with Gasteiger partial charge >= 0.3 is 0 Å². The van der Waals surface area contributed by atoms with Crippen LogP contribution in [0.25, 0.3) is 11.5 Å². The fourth-order valence-electron chi connectivity index (χ4n) is 4.56. The van der Waals surface area contributed by atoms with Crippen molar-refractivity contribution < 1.29 is 4.52 Å². The van der Waals surface area contributed by atoms with Crippen LogP contribution in [0.1, 0.15) is 134 Å². The van der Waals surface area contributed by atoms with Crippen molar-refractivity contribution in [2.75, 3.05) is 0 Å². The Morgan fingerprint density at radius 2 is 1.16 bits per heavy atom. The highest BCUT2D eigenvalue weighted by Crippen LogP contribution is 2.22. The third kappa shape index (κ3) is 10.3. The van der Waals surface area contributed by atoms with E-state index in [1.54, 1.807) is 0 Å². The van der Waals surface area contributed by atoms with Gasteiger partial charge in [-0.25, -0.2) is 0 Å². The first-order valence-corrected chi connectivity index (χ1v) is 13.7. The molecule has 0 saturated heterocycles. The largest absolute Gasteiger partial charge is 0.334 e. The van der Waals surface area contributed by atoms with Crippen LogP contribution < -0.4 is 0 Å². The number of benzene rings is 1. The van der Waals surface area contributed by atoms with E-state index in [0.717, 1.165) is 37.1 Å². The Morgan fingerprint density at radius 1 is 0.625 bits per heavy atom. The summed E-state index contributed by atoms with van der Waals surface area (Å²) in [6.45, 7) is 6.70. The van der Waals surface area contributed by atoms with Gasteiger partial charge < -0.3 is 4.52 Å². The average molecular weight is 441 g/mol. The molecular formula is C29H48N2O. The Kier molecular flexibility index (Phi) is 14.1. The van der Waals surface area contributed by atoms with E-state index in [9.17, 15) is 0 Å². The van der Waals surface area contributed by atoms with Gasteiger partial charge in [-0.1, -0.05) is 122 Å². The smallest absolute Gasteiger partial charge is 0.257 e. The van der Waals surface area contributed by atoms with Crippen molar-refractivity contribution in [2.24, 2.45) is 0 Å². The molecule has 180 valence electrons. The zero-order valence-corrected chi connectivity index (χ0v) is 21.3. The van der Waals surface area contributed by atoms with Crippen molar-refractivity contribution in [1.82, 2.24) is 10.1 Å². The van der Waals surface area contributed by atoms with Crippen LogP contribution in [-0.2, 0) is 19.3 Å². The predicted molar refractivity (Wildman–Crippen MR) is 137 cm³/mol. The van der Waals surface area contributed by atoms with Gasteiger partial charge in [0.2, 0.25) is 0 Å². The van der Waals surface area contributed by atoms with Crippen LogP contribution in [0.15, 0.2) is 22.7 Å². The number of aromatic nitrogens is 2. The summed E-state index contributed by atoms with van der Waals surface area (Å²) in [4.78, 5) is 4.64. The van der Waals surface area contributed by atoms with Crippen molar-refractivity contribution >= 4 is 0 Å². The van der Waals surface area contributed by atoms with Crippen molar-refractivity contribution in [1.29, 1.82) is 0 Å². The first kappa shape index (κ1) is 26.6. The number of aryl methyl sites for hydroxylation is 3. The van der Waals surface area contributed by atoms with Gasteiger partial charge in [0.05, 0.1) is 0 Å². The molecule has 0 spiro atoms. The molecule has 1 aromatic carbocycles. The molecule has 0 fully saturated rings. The van der Waals surface area contributed by atoms with E-state index >= 15 is 0 Å². The molecule has 0 aliphatic rings. The molecule has 32 heavy (non-hydrogen) atoms. The summed E-state index contributed by atoms with van der Waals surface area (Å²) >= 11 is 0. The molecule has 3 heteroatoms. The van der Waals surface area contributed by atoms with E-state index in [0.29, 0.717) is 5.89 Å². The first-order valence-electron chi connectivity index (χ1n) is 13.7. The Balaban J connectivity index is 1.49. The Bertz CT molecular complexity index is 722. The minimum absolute atomic E-state index is 0.665. The Hall–Kier alpha value is -1.64. The summed E-state index contributed by atoms with van der Waals surface area (Å²) in [5, 5.41) is 4.21. The highest BCUT2D eigenvalue weighted by atomic mass is 16.5. The topological polar surface area (TPSA) is 38.9 Å². The molecule has 0 unspecified atom stereocenters. The summed E-state index contributed by atoms with van der Waals surface area (Å²) in [6.07, 6.45) is 23.9. The lowest BCUT2D eigenvalue weighted by atomic mass is 10.00. The molecule has 0 radical (unpaired) electrons. The minimum atomic E-state index is 0.665. The van der Waals surface area contributed by atoms with Crippen LogP contribution in [0.3, 0.4) is 0 Å². The number of hydrogen-bond donors (Lipinski definition) is 0. The van der Waals surface area contributed by atoms with E-state index in [-0.39, 0.29) is 0 Å². The number of rotatable bonds is 19. The molecule has 0 aliphatic carbocycles. The third-order valence-electron chi connectivity index (χ3n) is 6.69. The normalized spacial score (nSPS) is 11.3. The van der Waals surface area contributed by atoms with Gasteiger partial charge in [-0.3, -0.25) is 0 Å². The maximum atomic E-state index is 5.54. The summed E-state index contributed by atoms with van der Waals surface area (Å²) < 4.78 is 5.54. The molecule has 0 N–H and O–H groups in total. The van der Waals surface area contributed by atoms with Gasteiger partial charge in [0, 0.05) is 12.0 Å². The Labute approximate surface area is 197 Å². The van der Waals surface area contributed by atoms with E-state index in [4.69, 9.17) is 4.52 Å². The highest BCUT2D eigenvalue weighted by molar-refractivity contribution is 5.55. The van der Waals surface area contributed by atoms with E-state index < -0.39 is 0 Å². The van der Waals surface area contributed by atoms with E-state index in [1.165, 1.54) is 101 Å². The molecule has 2 rings (SSSR count). The monoisotopic (exact) mass is 440 g/mol. The fraction of sp³-hybridized carbons (Fsp3) is 0.724. The summed E-state index contributed by atoms with van der Waals surface area (Å²) in [7, 11) is 0. The summed E-state index contributed by atoms with van der Waals surface area (Å²) in [5.41, 5.74) is 3.84. The lowest BCUT2D eigenvalue weighted by molar-refractivity contribution is 0.420. The molecule has 0 atom stereocenters. The van der Waals surface area contributed by atoms with Crippen LogP contribution >= 0.6 is 0 Å². The standard InChI is InChI=1S/C29H48N2O/c1-4-7-8-9-10-11-12-13-14-15-16-17-18-19-20-21-28-30-29(32-31-28)27-23-22-25(5-2)26(6-3)24-27/h22-24H,4-21H2,1-3H3. The maximum absolute atomic E-state index is 5.54. The second kappa shape index (κ2) is 16.9. The molecule has 2 aromatic rings. The fourth-order valence-corrected chi connectivity index (χ4v) is 4.56. The van der Waals surface area contributed by atoms with Crippen molar-refractivity contribution in [3.63, 3.8) is 0 Å². The predicted octanol–water partition coefficient (Wildman–Crippen LogP) is 9.28. The van der Waals surface area contributed by atoms with Crippen LogP contribution in [0.2, 0.25) is 0 Å². The molecule has 0 saturated carbocycles. The van der Waals surface area contributed by atoms with Gasteiger partial charge in [0.15, 0.2) is 5.82 Å². The SMILES string of the molecule is CCCCCCCCCCCCCCCCCc1noc(-c2ccc(CC)c(CC)c2)n1. The van der Waals surface area contributed by atoms with E-state index in [1.807, 2.05) is 0 Å². The van der Waals surface area contributed by atoms with Crippen molar-refractivity contribution in [3.05, 3.63) is 35.2 Å². The molecule has 0 aliphatic heterocycles.